The summed E-state index contributed by atoms with van der Waals surface area (Å²) in [6.45, 7) is 9.19. The number of nitrogens with one attached hydrogen (secondary N) is 1. The largest absolute Gasteiger partial charge is 0.393 e. The van der Waals surface area contributed by atoms with Gasteiger partial charge in [-0.1, -0.05) is 35.8 Å². The smallest absolute Gasteiger partial charge is 0.0541 e. The highest BCUT2D eigenvalue weighted by atomic mass is 79.9. The summed E-state index contributed by atoms with van der Waals surface area (Å²) < 4.78 is 1.17. The van der Waals surface area contributed by atoms with E-state index >= 15 is 0 Å². The van der Waals surface area contributed by atoms with Crippen LogP contribution in [0.2, 0.25) is 0 Å². The highest BCUT2D eigenvalue weighted by Crippen LogP contribution is 2.28. The van der Waals surface area contributed by atoms with Gasteiger partial charge in [-0.25, -0.2) is 0 Å². The van der Waals surface area contributed by atoms with Gasteiger partial charge in [-0.2, -0.15) is 0 Å². The maximum absolute atomic E-state index is 9.69. The van der Waals surface area contributed by atoms with Crippen LogP contribution in [-0.2, 0) is 6.54 Å². The molecule has 2 N–H and O–H groups in total. The van der Waals surface area contributed by atoms with Crippen LogP contribution in [0, 0.1) is 5.92 Å². The van der Waals surface area contributed by atoms with Crippen molar-refractivity contribution in [2.75, 3.05) is 18.0 Å². The SMILES string of the molecule is CC(C)NCc1ccc(N2CCC(C(C)O)CC2)cc1Br. The van der Waals surface area contributed by atoms with Crippen molar-refractivity contribution < 1.29 is 5.11 Å². The Morgan fingerprint density at radius 3 is 2.48 bits per heavy atom. The minimum absolute atomic E-state index is 0.177. The lowest BCUT2D eigenvalue weighted by molar-refractivity contribution is 0.110. The minimum atomic E-state index is -0.177. The number of aliphatic hydroxyl groups is 1. The normalized spacial score (nSPS) is 18.3. The van der Waals surface area contributed by atoms with Crippen LogP contribution in [0.5, 0.6) is 0 Å². The van der Waals surface area contributed by atoms with Crippen molar-refractivity contribution in [1.82, 2.24) is 5.32 Å². The standard InChI is InChI=1S/C17H27BrN2O/c1-12(2)19-11-15-4-5-16(10-17(15)18)20-8-6-14(7-9-20)13(3)21/h4-5,10,12-14,19,21H,6-9,11H2,1-3H3. The second-order valence-electron chi connectivity index (χ2n) is 6.38. The average Bonchev–Trinajstić information content (AvgIpc) is 2.46. The highest BCUT2D eigenvalue weighted by Gasteiger charge is 2.22. The topological polar surface area (TPSA) is 35.5 Å². The van der Waals surface area contributed by atoms with Gasteiger partial charge in [-0.05, 0) is 43.4 Å². The maximum atomic E-state index is 9.69. The van der Waals surface area contributed by atoms with Gasteiger partial charge in [0.15, 0.2) is 0 Å². The molecular formula is C17H27BrN2O. The van der Waals surface area contributed by atoms with E-state index in [4.69, 9.17) is 0 Å². The van der Waals surface area contributed by atoms with Crippen LogP contribution in [0.1, 0.15) is 39.2 Å². The number of hydrogen-bond acceptors (Lipinski definition) is 3. The Kier molecular flexibility index (Phi) is 6.08. The van der Waals surface area contributed by atoms with Gasteiger partial charge in [0, 0.05) is 35.8 Å². The predicted molar refractivity (Wildman–Crippen MR) is 92.7 cm³/mol. The van der Waals surface area contributed by atoms with Gasteiger partial charge in [0.25, 0.3) is 0 Å². The lowest BCUT2D eigenvalue weighted by atomic mass is 9.92. The van der Waals surface area contributed by atoms with Crippen molar-refractivity contribution in [2.45, 2.75) is 52.3 Å². The Bertz CT molecular complexity index is 454. The minimum Gasteiger partial charge on any atom is -0.393 e. The summed E-state index contributed by atoms with van der Waals surface area (Å²) in [6.07, 6.45) is 1.97. The zero-order valence-electron chi connectivity index (χ0n) is 13.3. The van der Waals surface area contributed by atoms with Crippen molar-refractivity contribution in [3.63, 3.8) is 0 Å². The molecule has 3 nitrogen and oxygen atoms in total. The van der Waals surface area contributed by atoms with Gasteiger partial charge < -0.3 is 15.3 Å². The lowest BCUT2D eigenvalue weighted by Gasteiger charge is -2.35. The van der Waals surface area contributed by atoms with E-state index in [1.807, 2.05) is 6.92 Å². The molecule has 1 aliphatic rings. The number of benzene rings is 1. The summed E-state index contributed by atoms with van der Waals surface area (Å²) in [7, 11) is 0. The van der Waals surface area contributed by atoms with Crippen molar-refractivity contribution in [3.8, 4) is 0 Å². The molecular weight excluding hydrogens is 328 g/mol. The van der Waals surface area contributed by atoms with E-state index in [1.165, 1.54) is 15.7 Å². The Balaban J connectivity index is 1.97. The van der Waals surface area contributed by atoms with Gasteiger partial charge in [-0.3, -0.25) is 0 Å². The fraction of sp³-hybridized carbons (Fsp3) is 0.647. The summed E-state index contributed by atoms with van der Waals surface area (Å²) in [5.74, 6) is 0.458. The molecule has 4 heteroatoms. The zero-order chi connectivity index (χ0) is 15.4. The molecule has 1 atom stereocenters. The third kappa shape index (κ3) is 4.70. The third-order valence-electron chi connectivity index (χ3n) is 4.32. The van der Waals surface area contributed by atoms with Crippen LogP contribution in [0.4, 0.5) is 5.69 Å². The molecule has 1 heterocycles. The fourth-order valence-corrected chi connectivity index (χ4v) is 3.34. The zero-order valence-corrected chi connectivity index (χ0v) is 14.9. The highest BCUT2D eigenvalue weighted by molar-refractivity contribution is 9.10. The van der Waals surface area contributed by atoms with Crippen LogP contribution in [0.15, 0.2) is 22.7 Å². The summed E-state index contributed by atoms with van der Waals surface area (Å²) in [4.78, 5) is 2.42. The number of halogens is 1. The Morgan fingerprint density at radius 2 is 1.95 bits per heavy atom. The number of piperidine rings is 1. The first-order valence-electron chi connectivity index (χ1n) is 7.92. The fourth-order valence-electron chi connectivity index (χ4n) is 2.83. The monoisotopic (exact) mass is 354 g/mol. The molecule has 0 radical (unpaired) electrons. The van der Waals surface area contributed by atoms with Gasteiger partial charge in [0.05, 0.1) is 6.10 Å². The number of hydrogen-bond donors (Lipinski definition) is 2. The second-order valence-corrected chi connectivity index (χ2v) is 7.23. The van der Waals surface area contributed by atoms with E-state index in [0.717, 1.165) is 32.5 Å². The number of aliphatic hydroxyl groups excluding tert-OH is 1. The first-order chi connectivity index (χ1) is 9.97. The van der Waals surface area contributed by atoms with Gasteiger partial charge in [0.1, 0.15) is 0 Å². The van der Waals surface area contributed by atoms with Crippen LogP contribution in [0.3, 0.4) is 0 Å². The van der Waals surface area contributed by atoms with Crippen molar-refractivity contribution >= 4 is 21.6 Å². The van der Waals surface area contributed by atoms with Gasteiger partial charge >= 0.3 is 0 Å². The molecule has 1 aromatic carbocycles. The van der Waals surface area contributed by atoms with Crippen LogP contribution in [-0.4, -0.2) is 30.3 Å². The summed E-state index contributed by atoms with van der Waals surface area (Å²) in [5, 5.41) is 13.1. The van der Waals surface area contributed by atoms with E-state index in [-0.39, 0.29) is 6.10 Å². The average molecular weight is 355 g/mol. The molecule has 1 aliphatic heterocycles. The first kappa shape index (κ1) is 16.8. The number of rotatable bonds is 5. The van der Waals surface area contributed by atoms with E-state index < -0.39 is 0 Å². The van der Waals surface area contributed by atoms with Crippen molar-refractivity contribution in [3.05, 3.63) is 28.2 Å². The maximum Gasteiger partial charge on any atom is 0.0541 e. The van der Waals surface area contributed by atoms with E-state index in [1.54, 1.807) is 0 Å². The molecule has 0 amide bonds. The quantitative estimate of drug-likeness (QED) is 0.848. The molecule has 0 saturated carbocycles. The molecule has 0 aliphatic carbocycles. The predicted octanol–water partition coefficient (Wildman–Crippen LogP) is 3.54. The molecule has 1 unspecified atom stereocenters. The summed E-state index contributed by atoms with van der Waals surface area (Å²) in [6, 6.07) is 7.14. The van der Waals surface area contributed by atoms with E-state index in [0.29, 0.717) is 12.0 Å². The molecule has 0 spiro atoms. The molecule has 0 aromatic heterocycles. The van der Waals surface area contributed by atoms with E-state index in [2.05, 4.69) is 58.2 Å². The molecule has 1 saturated heterocycles. The Labute approximate surface area is 136 Å². The number of nitrogens with zero attached hydrogens (tertiary/aromatic N) is 1. The molecule has 21 heavy (non-hydrogen) atoms. The van der Waals surface area contributed by atoms with Gasteiger partial charge in [-0.15, -0.1) is 0 Å². The molecule has 0 bridgehead atoms. The van der Waals surface area contributed by atoms with Crippen LogP contribution >= 0.6 is 15.9 Å². The van der Waals surface area contributed by atoms with Gasteiger partial charge in [0.2, 0.25) is 0 Å². The Hall–Kier alpha value is -0.580. The number of anilines is 1. The molecule has 118 valence electrons. The van der Waals surface area contributed by atoms with Crippen molar-refractivity contribution in [1.29, 1.82) is 0 Å². The molecule has 2 rings (SSSR count). The third-order valence-corrected chi connectivity index (χ3v) is 5.06. The van der Waals surface area contributed by atoms with E-state index in [9.17, 15) is 5.11 Å². The Morgan fingerprint density at radius 1 is 1.29 bits per heavy atom. The van der Waals surface area contributed by atoms with Crippen LogP contribution < -0.4 is 10.2 Å². The summed E-state index contributed by atoms with van der Waals surface area (Å²) in [5.41, 5.74) is 2.57. The first-order valence-corrected chi connectivity index (χ1v) is 8.71. The van der Waals surface area contributed by atoms with Crippen molar-refractivity contribution in [2.24, 2.45) is 5.92 Å². The molecule has 1 fully saturated rings. The van der Waals surface area contributed by atoms with Crippen LogP contribution in [0.25, 0.3) is 0 Å². The summed E-state index contributed by atoms with van der Waals surface area (Å²) >= 11 is 3.69. The lowest BCUT2D eigenvalue weighted by Crippen LogP contribution is -2.37. The second kappa shape index (κ2) is 7.61. The molecule has 1 aromatic rings.